The van der Waals surface area contributed by atoms with Crippen LogP contribution in [0.15, 0.2) is 18.2 Å². The molecule has 2 unspecified atom stereocenters. The molecule has 2 aliphatic rings. The van der Waals surface area contributed by atoms with Gasteiger partial charge in [0.25, 0.3) is 0 Å². The minimum absolute atomic E-state index is 0.109. The van der Waals surface area contributed by atoms with Crippen molar-refractivity contribution in [1.29, 1.82) is 0 Å². The third-order valence-electron chi connectivity index (χ3n) is 5.73. The van der Waals surface area contributed by atoms with Crippen molar-refractivity contribution < 1.29 is 24.6 Å². The minimum atomic E-state index is -0.817. The number of amides is 2. The van der Waals surface area contributed by atoms with Crippen LogP contribution in [-0.4, -0.2) is 51.3 Å². The van der Waals surface area contributed by atoms with Crippen LogP contribution < -0.4 is 5.32 Å². The fourth-order valence-corrected chi connectivity index (χ4v) is 4.29. The monoisotopic (exact) mass is 388 g/mol. The van der Waals surface area contributed by atoms with Crippen LogP contribution in [0.25, 0.3) is 0 Å². The van der Waals surface area contributed by atoms with E-state index < -0.39 is 12.1 Å². The Kier molecular flexibility index (Phi) is 6.21. The highest BCUT2D eigenvalue weighted by Crippen LogP contribution is 2.30. The topological polar surface area (TPSA) is 107 Å². The van der Waals surface area contributed by atoms with E-state index in [4.69, 9.17) is 0 Å². The number of hydrogen-bond donors (Lipinski definition) is 3. The van der Waals surface area contributed by atoms with Gasteiger partial charge in [0.2, 0.25) is 11.8 Å². The first-order chi connectivity index (χ1) is 13.3. The summed E-state index contributed by atoms with van der Waals surface area (Å²) in [7, 11) is 0. The summed E-state index contributed by atoms with van der Waals surface area (Å²) >= 11 is 0. The molecule has 152 valence electrons. The summed E-state index contributed by atoms with van der Waals surface area (Å²) in [6, 6.07) is 2.90. The van der Waals surface area contributed by atoms with Gasteiger partial charge < -0.3 is 20.4 Å². The van der Waals surface area contributed by atoms with E-state index in [1.54, 1.807) is 6.07 Å². The summed E-state index contributed by atoms with van der Waals surface area (Å²) in [6.07, 6.45) is 6.46. The second-order valence-electron chi connectivity index (χ2n) is 8.01. The third-order valence-corrected chi connectivity index (χ3v) is 5.73. The van der Waals surface area contributed by atoms with Crippen LogP contribution in [0.4, 0.5) is 0 Å². The number of ketones is 1. The normalized spacial score (nSPS) is 23.5. The zero-order valence-electron chi connectivity index (χ0n) is 16.2. The van der Waals surface area contributed by atoms with E-state index in [9.17, 15) is 24.6 Å². The van der Waals surface area contributed by atoms with Crippen LogP contribution in [0.3, 0.4) is 0 Å². The molecular weight excluding hydrogens is 360 g/mol. The summed E-state index contributed by atoms with van der Waals surface area (Å²) in [5.41, 5.74) is 0.600. The predicted octanol–water partition coefficient (Wildman–Crippen LogP) is 1.90. The lowest BCUT2D eigenvalue weighted by Crippen LogP contribution is -2.64. The highest BCUT2D eigenvalue weighted by molar-refractivity contribution is 5.99. The number of rotatable bonds is 6. The maximum Gasteiger partial charge on any atom is 0.246 e. The van der Waals surface area contributed by atoms with Gasteiger partial charge in [0.05, 0.1) is 6.54 Å². The molecule has 0 radical (unpaired) electrons. The SMILES string of the molecule is CC(=O)CN1C(=O)C(CC2CCCCC2)NC(=O)C1Cc1ccc(O)c(O)c1. The lowest BCUT2D eigenvalue weighted by Gasteiger charge is -2.40. The van der Waals surface area contributed by atoms with Gasteiger partial charge in [-0.1, -0.05) is 38.2 Å². The lowest BCUT2D eigenvalue weighted by molar-refractivity contribution is -0.151. The number of Topliss-reactive ketones (excluding diaryl/α,β-unsaturated/α-hetero) is 1. The summed E-state index contributed by atoms with van der Waals surface area (Å²) in [5, 5.41) is 22.0. The van der Waals surface area contributed by atoms with Gasteiger partial charge in [-0.25, -0.2) is 0 Å². The highest BCUT2D eigenvalue weighted by atomic mass is 16.3. The Hall–Kier alpha value is -2.57. The standard InChI is InChI=1S/C21H28N2O5/c1-13(24)12-23-17(10-15-7-8-18(25)19(26)11-15)20(27)22-16(21(23)28)9-14-5-3-2-4-6-14/h7-8,11,14,16-17,25-26H,2-6,9-10,12H2,1H3,(H,22,27). The molecule has 7 nitrogen and oxygen atoms in total. The molecule has 1 saturated carbocycles. The molecule has 0 aromatic heterocycles. The van der Waals surface area contributed by atoms with Gasteiger partial charge in [-0.2, -0.15) is 0 Å². The molecule has 2 atom stereocenters. The van der Waals surface area contributed by atoms with E-state index in [1.807, 2.05) is 0 Å². The Bertz CT molecular complexity index is 757. The Balaban J connectivity index is 1.77. The first kappa shape index (κ1) is 20.2. The molecule has 2 fully saturated rings. The number of nitrogens with one attached hydrogen (secondary N) is 1. The van der Waals surface area contributed by atoms with Crippen molar-refractivity contribution in [2.45, 2.75) is 64.0 Å². The number of piperazine rings is 1. The number of phenols is 2. The summed E-state index contributed by atoms with van der Waals surface area (Å²) < 4.78 is 0. The molecule has 1 aromatic carbocycles. The van der Waals surface area contributed by atoms with Crippen molar-refractivity contribution in [3.63, 3.8) is 0 Å². The van der Waals surface area contributed by atoms with Crippen molar-refractivity contribution in [3.05, 3.63) is 23.8 Å². The van der Waals surface area contributed by atoms with Gasteiger partial charge in [0, 0.05) is 6.42 Å². The van der Waals surface area contributed by atoms with Crippen molar-refractivity contribution in [2.24, 2.45) is 5.92 Å². The second-order valence-corrected chi connectivity index (χ2v) is 8.01. The van der Waals surface area contributed by atoms with Crippen molar-refractivity contribution >= 4 is 17.6 Å². The molecule has 1 saturated heterocycles. The first-order valence-electron chi connectivity index (χ1n) is 9.96. The summed E-state index contributed by atoms with van der Waals surface area (Å²) in [6.45, 7) is 1.29. The molecule has 3 N–H and O–H groups in total. The molecule has 1 aromatic rings. The Labute approximate surface area is 164 Å². The Morgan fingerprint density at radius 2 is 1.86 bits per heavy atom. The highest BCUT2D eigenvalue weighted by Gasteiger charge is 2.41. The molecule has 1 heterocycles. The average molecular weight is 388 g/mol. The molecule has 7 heteroatoms. The Morgan fingerprint density at radius 1 is 1.14 bits per heavy atom. The zero-order chi connectivity index (χ0) is 20.3. The number of carbonyl (C=O) groups excluding carboxylic acids is 3. The average Bonchev–Trinajstić information content (AvgIpc) is 2.65. The smallest absolute Gasteiger partial charge is 0.246 e. The van der Waals surface area contributed by atoms with Crippen LogP contribution in [-0.2, 0) is 20.8 Å². The van der Waals surface area contributed by atoms with Crippen molar-refractivity contribution in [3.8, 4) is 11.5 Å². The number of hydrogen-bond acceptors (Lipinski definition) is 5. The van der Waals surface area contributed by atoms with Gasteiger partial charge >= 0.3 is 0 Å². The quantitative estimate of drug-likeness (QED) is 0.645. The number of carbonyl (C=O) groups is 3. The number of aromatic hydroxyl groups is 2. The molecule has 28 heavy (non-hydrogen) atoms. The lowest BCUT2D eigenvalue weighted by atomic mass is 9.83. The maximum atomic E-state index is 13.1. The van der Waals surface area contributed by atoms with Gasteiger partial charge in [0.1, 0.15) is 17.9 Å². The van der Waals surface area contributed by atoms with Crippen LogP contribution in [0.5, 0.6) is 11.5 Å². The molecule has 3 rings (SSSR count). The fraction of sp³-hybridized carbons (Fsp3) is 0.571. The molecule has 2 amide bonds. The molecule has 1 aliphatic carbocycles. The molecule has 1 aliphatic heterocycles. The number of nitrogens with zero attached hydrogens (tertiary/aromatic N) is 1. The predicted molar refractivity (Wildman–Crippen MR) is 103 cm³/mol. The van der Waals surface area contributed by atoms with Gasteiger partial charge in [0.15, 0.2) is 11.5 Å². The van der Waals surface area contributed by atoms with E-state index in [0.717, 1.165) is 25.7 Å². The van der Waals surface area contributed by atoms with Crippen molar-refractivity contribution in [1.82, 2.24) is 10.2 Å². The summed E-state index contributed by atoms with van der Waals surface area (Å²) in [5.74, 6) is -0.789. The minimum Gasteiger partial charge on any atom is -0.504 e. The molecule has 0 spiro atoms. The van der Waals surface area contributed by atoms with E-state index in [-0.39, 0.29) is 42.1 Å². The fourth-order valence-electron chi connectivity index (χ4n) is 4.29. The zero-order valence-corrected chi connectivity index (χ0v) is 16.2. The second kappa shape index (κ2) is 8.63. The van der Waals surface area contributed by atoms with Crippen LogP contribution in [0, 0.1) is 5.92 Å². The van der Waals surface area contributed by atoms with Crippen LogP contribution in [0.1, 0.15) is 51.0 Å². The number of benzene rings is 1. The van der Waals surface area contributed by atoms with Crippen LogP contribution in [0.2, 0.25) is 0 Å². The number of phenolic OH excluding ortho intramolecular Hbond substituents is 2. The maximum absolute atomic E-state index is 13.1. The van der Waals surface area contributed by atoms with Gasteiger partial charge in [-0.05, 0) is 37.0 Å². The molecular formula is C21H28N2O5. The van der Waals surface area contributed by atoms with E-state index in [1.165, 1.54) is 30.4 Å². The third kappa shape index (κ3) is 4.64. The van der Waals surface area contributed by atoms with Crippen LogP contribution >= 0.6 is 0 Å². The molecule has 0 bridgehead atoms. The Morgan fingerprint density at radius 3 is 2.50 bits per heavy atom. The first-order valence-corrected chi connectivity index (χ1v) is 9.96. The van der Waals surface area contributed by atoms with E-state index >= 15 is 0 Å². The van der Waals surface area contributed by atoms with E-state index in [0.29, 0.717) is 17.9 Å². The van der Waals surface area contributed by atoms with Crippen molar-refractivity contribution in [2.75, 3.05) is 6.54 Å². The van der Waals surface area contributed by atoms with Gasteiger partial charge in [-0.3, -0.25) is 14.4 Å². The van der Waals surface area contributed by atoms with E-state index in [2.05, 4.69) is 5.32 Å². The largest absolute Gasteiger partial charge is 0.504 e. The van der Waals surface area contributed by atoms with Gasteiger partial charge in [-0.15, -0.1) is 0 Å². The summed E-state index contributed by atoms with van der Waals surface area (Å²) in [4.78, 5) is 39.0.